The van der Waals surface area contributed by atoms with Gasteiger partial charge in [0.2, 0.25) is 0 Å². The molecule has 1 heterocycles. The highest BCUT2D eigenvalue weighted by Crippen LogP contribution is 2.29. The molecule has 1 amide bonds. The van der Waals surface area contributed by atoms with Gasteiger partial charge in [-0.3, -0.25) is 14.9 Å². The Morgan fingerprint density at radius 2 is 1.81 bits per heavy atom. The summed E-state index contributed by atoms with van der Waals surface area (Å²) in [6.07, 6.45) is 1.55. The molecule has 0 atom stereocenters. The van der Waals surface area contributed by atoms with Crippen LogP contribution < -0.4 is 9.92 Å². The van der Waals surface area contributed by atoms with Gasteiger partial charge >= 0.3 is 10.1 Å². The molecule has 2 aromatic rings. The Hall–Kier alpha value is -3.18. The van der Waals surface area contributed by atoms with Crippen molar-refractivity contribution in [1.29, 1.82) is 0 Å². The molecule has 0 saturated carbocycles. The van der Waals surface area contributed by atoms with Crippen molar-refractivity contribution < 1.29 is 22.3 Å². The Morgan fingerprint density at radius 3 is 2.41 bits per heavy atom. The van der Waals surface area contributed by atoms with Crippen LogP contribution in [0.3, 0.4) is 0 Å². The number of hydrogen-bond acceptors (Lipinski definition) is 8. The quantitative estimate of drug-likeness (QED) is 0.345. The van der Waals surface area contributed by atoms with Crippen LogP contribution in [0.5, 0.6) is 5.75 Å². The Balaban J connectivity index is 1.82. The third kappa shape index (κ3) is 4.15. The first-order valence-corrected chi connectivity index (χ1v) is 9.55. The predicted octanol–water partition coefficient (Wildman–Crippen LogP) is 2.29. The van der Waals surface area contributed by atoms with Gasteiger partial charge in [0.25, 0.3) is 11.6 Å². The normalized spacial score (nSPS) is 15.6. The molecule has 1 aliphatic rings. The Bertz CT molecular complexity index is 1090. The van der Waals surface area contributed by atoms with E-state index in [4.69, 9.17) is 9.92 Å². The van der Waals surface area contributed by atoms with Crippen LogP contribution in [0.2, 0.25) is 0 Å². The molecule has 0 bridgehead atoms. The maximum Gasteiger partial charge on any atom is 0.346 e. The second-order valence-corrected chi connectivity index (χ2v) is 7.77. The van der Waals surface area contributed by atoms with E-state index in [-0.39, 0.29) is 10.9 Å². The van der Waals surface area contributed by atoms with Gasteiger partial charge in [-0.1, -0.05) is 24.3 Å². The molecule has 0 unspecified atom stereocenters. The molecule has 0 aliphatic carbocycles. The molecule has 1 aliphatic heterocycles. The number of carbonyl (C=O) groups excluding carboxylic acids is 1. The fourth-order valence-electron chi connectivity index (χ4n) is 2.19. The zero-order chi connectivity index (χ0) is 19.6. The number of nitro benzene ring substituents is 1. The zero-order valence-corrected chi connectivity index (χ0v) is 15.1. The SMILES string of the molecule is NC1=NC(=O)/C(=C\c2ccc(OS(=O)(=O)c3ccccc3[N+](=O)[O-])cc2)S1. The number of nitrogens with zero attached hydrogens (tertiary/aromatic N) is 2. The van der Waals surface area contributed by atoms with Crippen LogP contribution in [0, 0.1) is 10.1 Å². The van der Waals surface area contributed by atoms with Crippen LogP contribution in [-0.4, -0.2) is 24.4 Å². The van der Waals surface area contributed by atoms with E-state index in [0.717, 1.165) is 23.9 Å². The van der Waals surface area contributed by atoms with E-state index in [1.54, 1.807) is 6.08 Å². The molecule has 2 N–H and O–H groups in total. The molecule has 0 radical (unpaired) electrons. The van der Waals surface area contributed by atoms with Gasteiger partial charge in [0.1, 0.15) is 5.75 Å². The third-order valence-corrected chi connectivity index (χ3v) is 5.46. The second-order valence-electron chi connectivity index (χ2n) is 5.20. The minimum atomic E-state index is -4.39. The lowest BCUT2D eigenvalue weighted by molar-refractivity contribution is -0.387. The first kappa shape index (κ1) is 18.6. The van der Waals surface area contributed by atoms with Crippen molar-refractivity contribution in [3.63, 3.8) is 0 Å². The first-order chi connectivity index (χ1) is 12.8. The molecule has 2 aromatic carbocycles. The molecule has 0 fully saturated rings. The highest BCUT2D eigenvalue weighted by atomic mass is 32.2. The number of para-hydroxylation sites is 1. The molecule has 138 valence electrons. The molecule has 0 aromatic heterocycles. The summed E-state index contributed by atoms with van der Waals surface area (Å²) in [7, 11) is -4.39. The van der Waals surface area contributed by atoms with Crippen molar-refractivity contribution >= 4 is 44.7 Å². The van der Waals surface area contributed by atoms with E-state index < -0.39 is 31.5 Å². The number of thioether (sulfide) groups is 1. The lowest BCUT2D eigenvalue weighted by atomic mass is 10.2. The number of aliphatic imine (C=N–C) groups is 1. The van der Waals surface area contributed by atoms with Gasteiger partial charge in [0.05, 0.1) is 9.83 Å². The van der Waals surface area contributed by atoms with Crippen LogP contribution in [0.1, 0.15) is 5.56 Å². The Kier molecular flexibility index (Phi) is 4.97. The average molecular weight is 405 g/mol. The Morgan fingerprint density at radius 1 is 1.15 bits per heavy atom. The van der Waals surface area contributed by atoms with E-state index >= 15 is 0 Å². The van der Waals surface area contributed by atoms with Crippen molar-refractivity contribution in [2.45, 2.75) is 4.90 Å². The van der Waals surface area contributed by atoms with Crippen molar-refractivity contribution in [3.05, 3.63) is 69.1 Å². The number of hydrogen-bond donors (Lipinski definition) is 1. The van der Waals surface area contributed by atoms with Crippen molar-refractivity contribution in [2.24, 2.45) is 10.7 Å². The highest BCUT2D eigenvalue weighted by Gasteiger charge is 2.27. The summed E-state index contributed by atoms with van der Waals surface area (Å²) in [5, 5.41) is 11.2. The molecular weight excluding hydrogens is 394 g/mol. The highest BCUT2D eigenvalue weighted by molar-refractivity contribution is 8.18. The van der Waals surface area contributed by atoms with Gasteiger partial charge < -0.3 is 9.92 Å². The topological polar surface area (TPSA) is 142 Å². The first-order valence-electron chi connectivity index (χ1n) is 7.32. The number of rotatable bonds is 5. The number of nitro groups is 1. The fourth-order valence-corrected chi connectivity index (χ4v) is 3.97. The predicted molar refractivity (Wildman–Crippen MR) is 99.5 cm³/mol. The van der Waals surface area contributed by atoms with E-state index in [9.17, 15) is 23.3 Å². The van der Waals surface area contributed by atoms with Gasteiger partial charge in [-0.05, 0) is 41.6 Å². The molecule has 9 nitrogen and oxygen atoms in total. The van der Waals surface area contributed by atoms with E-state index in [0.29, 0.717) is 10.5 Å². The lowest BCUT2D eigenvalue weighted by Crippen LogP contribution is -2.11. The summed E-state index contributed by atoms with van der Waals surface area (Å²) < 4.78 is 29.7. The van der Waals surface area contributed by atoms with Crippen LogP contribution in [0.4, 0.5) is 5.69 Å². The number of amides is 1. The van der Waals surface area contributed by atoms with Crippen molar-refractivity contribution in [1.82, 2.24) is 0 Å². The van der Waals surface area contributed by atoms with Gasteiger partial charge in [-0.25, -0.2) is 0 Å². The van der Waals surface area contributed by atoms with Gasteiger partial charge in [0.15, 0.2) is 10.1 Å². The summed E-state index contributed by atoms with van der Waals surface area (Å²) in [5.41, 5.74) is 5.50. The molecule has 0 saturated heterocycles. The van der Waals surface area contributed by atoms with E-state index in [1.165, 1.54) is 36.4 Å². The van der Waals surface area contributed by atoms with Crippen molar-refractivity contribution in [3.8, 4) is 5.75 Å². The summed E-state index contributed by atoms with van der Waals surface area (Å²) in [4.78, 5) is 25.2. The van der Waals surface area contributed by atoms with Gasteiger partial charge in [-0.2, -0.15) is 13.4 Å². The Labute approximate surface area is 157 Å². The summed E-state index contributed by atoms with van der Waals surface area (Å²) in [6, 6.07) is 10.7. The zero-order valence-electron chi connectivity index (χ0n) is 13.4. The number of nitrogens with two attached hydrogens (primary N) is 1. The molecule has 3 rings (SSSR count). The van der Waals surface area contributed by atoms with Gasteiger partial charge in [0, 0.05) is 6.07 Å². The average Bonchev–Trinajstić information content (AvgIpc) is 2.93. The fraction of sp³-hybridized carbons (Fsp3) is 0. The summed E-state index contributed by atoms with van der Waals surface area (Å²) >= 11 is 1.03. The number of carbonyl (C=O) groups is 1. The van der Waals surface area contributed by atoms with Crippen LogP contribution >= 0.6 is 11.8 Å². The standard InChI is InChI=1S/C16H11N3O6S2/c17-16-18-15(20)13(26-16)9-10-5-7-11(8-6-10)25-27(23,24)14-4-2-1-3-12(14)19(21)22/h1-9H,(H2,17,18,20)/b13-9+. The largest absolute Gasteiger partial charge is 0.379 e. The smallest absolute Gasteiger partial charge is 0.346 e. The molecule has 27 heavy (non-hydrogen) atoms. The summed E-state index contributed by atoms with van der Waals surface area (Å²) in [5.74, 6) is -0.478. The maximum absolute atomic E-state index is 12.4. The number of amidine groups is 1. The molecule has 0 spiro atoms. The maximum atomic E-state index is 12.4. The molecule has 11 heteroatoms. The molecular formula is C16H11N3O6S2. The van der Waals surface area contributed by atoms with Crippen LogP contribution in [0.15, 0.2) is 63.3 Å². The van der Waals surface area contributed by atoms with E-state index in [1.807, 2.05) is 0 Å². The number of benzene rings is 2. The van der Waals surface area contributed by atoms with Crippen LogP contribution in [0.25, 0.3) is 6.08 Å². The minimum absolute atomic E-state index is 0.0310. The van der Waals surface area contributed by atoms with E-state index in [2.05, 4.69) is 4.99 Å². The third-order valence-electron chi connectivity index (χ3n) is 3.35. The second kappa shape index (κ2) is 7.21. The lowest BCUT2D eigenvalue weighted by Gasteiger charge is -2.07. The van der Waals surface area contributed by atoms with Crippen LogP contribution in [-0.2, 0) is 14.9 Å². The van der Waals surface area contributed by atoms with Gasteiger partial charge in [-0.15, -0.1) is 0 Å². The minimum Gasteiger partial charge on any atom is -0.379 e. The summed E-state index contributed by atoms with van der Waals surface area (Å²) in [6.45, 7) is 0. The van der Waals surface area contributed by atoms with Crippen molar-refractivity contribution in [2.75, 3.05) is 0 Å². The monoisotopic (exact) mass is 405 g/mol.